The van der Waals surface area contributed by atoms with Crippen molar-refractivity contribution in [3.8, 4) is 0 Å². The average Bonchev–Trinajstić information content (AvgIpc) is 3.27. The van der Waals surface area contributed by atoms with Gasteiger partial charge in [-0.1, -0.05) is 19.9 Å². The predicted molar refractivity (Wildman–Crippen MR) is 138 cm³/mol. The van der Waals surface area contributed by atoms with E-state index in [9.17, 15) is 14.7 Å². The lowest BCUT2D eigenvalue weighted by Gasteiger charge is -2.37. The summed E-state index contributed by atoms with van der Waals surface area (Å²) in [5.41, 5.74) is 3.53. The highest BCUT2D eigenvalue weighted by Crippen LogP contribution is 2.35. The van der Waals surface area contributed by atoms with E-state index < -0.39 is 5.97 Å². The molecule has 2 aromatic carbocycles. The summed E-state index contributed by atoms with van der Waals surface area (Å²) in [6, 6.07) is 8.67. The molecule has 0 saturated carbocycles. The number of fused-ring (bicyclic) bond motifs is 2. The molecule has 2 aromatic heterocycles. The van der Waals surface area contributed by atoms with E-state index in [0.717, 1.165) is 42.4 Å². The van der Waals surface area contributed by atoms with Gasteiger partial charge in [0.05, 0.1) is 28.8 Å². The van der Waals surface area contributed by atoms with Crippen molar-refractivity contribution in [2.45, 2.75) is 46.6 Å². The molecule has 1 atom stereocenters. The Labute approximate surface area is 202 Å². The highest BCUT2D eigenvalue weighted by Gasteiger charge is 2.27. The molecule has 8 heteroatoms. The van der Waals surface area contributed by atoms with Crippen LogP contribution in [0, 0.1) is 12.3 Å². The number of H-pyrrole nitrogens is 1. The van der Waals surface area contributed by atoms with E-state index in [1.165, 1.54) is 0 Å². The summed E-state index contributed by atoms with van der Waals surface area (Å²) in [5, 5.41) is 21.2. The number of carboxylic acid groups (broad SMARTS) is 1. The number of nitrogens with zero attached hydrogens (tertiary/aromatic N) is 2. The van der Waals surface area contributed by atoms with Crippen molar-refractivity contribution in [2.24, 2.45) is 5.41 Å². The third-order valence-electron chi connectivity index (χ3n) is 7.09. The monoisotopic (exact) mass is 474 g/mol. The van der Waals surface area contributed by atoms with Gasteiger partial charge >= 0.3 is 5.97 Å². The summed E-state index contributed by atoms with van der Waals surface area (Å²) in [5.74, 6) is -0.467. The molecule has 35 heavy (non-hydrogen) atoms. The van der Waals surface area contributed by atoms with E-state index in [-0.39, 0.29) is 22.4 Å². The van der Waals surface area contributed by atoms with Gasteiger partial charge in [-0.15, -0.1) is 0 Å². The van der Waals surface area contributed by atoms with Gasteiger partial charge in [0.15, 0.2) is 11.3 Å². The normalized spacial score (nSPS) is 16.5. The lowest BCUT2D eigenvalue weighted by atomic mass is 9.83. The third-order valence-corrected chi connectivity index (χ3v) is 7.09. The second kappa shape index (κ2) is 8.45. The zero-order valence-corrected chi connectivity index (χ0v) is 20.4. The molecular weight excluding hydrogens is 444 g/mol. The molecule has 5 rings (SSSR count). The molecule has 0 aliphatic carbocycles. The Balaban J connectivity index is 1.56. The summed E-state index contributed by atoms with van der Waals surface area (Å²) in [7, 11) is 0. The number of carboxylic acids is 1. The molecular formula is C27H30N4O4. The number of aromatic carboxylic acids is 1. The number of piperidine rings is 1. The van der Waals surface area contributed by atoms with Gasteiger partial charge in [0, 0.05) is 30.1 Å². The maximum atomic E-state index is 13.1. The van der Waals surface area contributed by atoms with E-state index in [2.05, 4.69) is 34.3 Å². The Morgan fingerprint density at radius 3 is 2.69 bits per heavy atom. The summed E-state index contributed by atoms with van der Waals surface area (Å²) >= 11 is 0. The van der Waals surface area contributed by atoms with E-state index in [4.69, 9.17) is 4.42 Å². The number of hydrogen-bond acceptors (Lipinski definition) is 6. The number of aryl methyl sites for hydroxylation is 1. The van der Waals surface area contributed by atoms with E-state index in [0.29, 0.717) is 28.1 Å². The van der Waals surface area contributed by atoms with E-state index >= 15 is 0 Å². The van der Waals surface area contributed by atoms with Crippen molar-refractivity contribution >= 4 is 39.4 Å². The second-order valence-corrected chi connectivity index (χ2v) is 10.3. The highest BCUT2D eigenvalue weighted by atomic mass is 16.4. The van der Waals surface area contributed by atoms with Crippen LogP contribution in [0.5, 0.6) is 0 Å². The van der Waals surface area contributed by atoms with Crippen molar-refractivity contribution in [2.75, 3.05) is 23.3 Å². The number of anilines is 2. The lowest BCUT2D eigenvalue weighted by Crippen LogP contribution is -2.37. The molecule has 0 radical (unpaired) electrons. The minimum atomic E-state index is -1.05. The topological polar surface area (TPSA) is 111 Å². The number of aromatic amines is 1. The fourth-order valence-electron chi connectivity index (χ4n) is 4.90. The third kappa shape index (κ3) is 4.24. The molecule has 4 aromatic rings. The Hall–Kier alpha value is -3.81. The SMILES string of the molecule is Cc1cc([C@@H](C)Nc2ccc3cn[nH]c3c2C(=O)O)c2oc(N3CCC(C)(C)CC3)cc(=O)c2c1. The number of rotatable bonds is 5. The van der Waals surface area contributed by atoms with Crippen LogP contribution in [-0.4, -0.2) is 34.4 Å². The predicted octanol–water partition coefficient (Wildman–Crippen LogP) is 5.48. The van der Waals surface area contributed by atoms with Gasteiger partial charge in [0.2, 0.25) is 0 Å². The van der Waals surface area contributed by atoms with E-state index in [1.54, 1.807) is 18.3 Å². The van der Waals surface area contributed by atoms with Crippen LogP contribution in [0.3, 0.4) is 0 Å². The number of aromatic nitrogens is 2. The minimum absolute atomic E-state index is 0.0756. The first kappa shape index (κ1) is 23.0. The lowest BCUT2D eigenvalue weighted by molar-refractivity contribution is 0.0699. The zero-order valence-electron chi connectivity index (χ0n) is 20.4. The standard InChI is InChI=1S/C27H30N4O4/c1-15-11-18(16(2)29-20-6-5-17-14-28-30-24(17)23(20)26(33)34)25-19(12-15)21(32)13-22(35-25)31-9-7-27(3,4)8-10-31/h5-6,11-14,16,29H,7-10H2,1-4H3,(H,28,30)(H,33,34)/t16-/m1/s1. The number of benzene rings is 2. The van der Waals surface area contributed by atoms with Crippen LogP contribution in [0.2, 0.25) is 0 Å². The Kier molecular flexibility index (Phi) is 5.54. The smallest absolute Gasteiger partial charge is 0.340 e. The molecule has 8 nitrogen and oxygen atoms in total. The van der Waals surface area contributed by atoms with Gasteiger partial charge in [0.25, 0.3) is 0 Å². The van der Waals surface area contributed by atoms with Crippen LogP contribution < -0.4 is 15.6 Å². The van der Waals surface area contributed by atoms with E-state index in [1.807, 2.05) is 32.0 Å². The second-order valence-electron chi connectivity index (χ2n) is 10.3. The molecule has 0 unspecified atom stereocenters. The van der Waals surface area contributed by atoms with Gasteiger partial charge in [0.1, 0.15) is 11.1 Å². The fraction of sp³-hybridized carbons (Fsp3) is 0.370. The summed E-state index contributed by atoms with van der Waals surface area (Å²) in [6.07, 6.45) is 3.66. The molecule has 0 amide bonds. The molecule has 1 aliphatic heterocycles. The van der Waals surface area contributed by atoms with Gasteiger partial charge in [-0.05, 0) is 55.9 Å². The van der Waals surface area contributed by atoms with Crippen LogP contribution >= 0.6 is 0 Å². The van der Waals surface area contributed by atoms with Crippen LogP contribution in [0.15, 0.2) is 45.7 Å². The van der Waals surface area contributed by atoms with Crippen molar-refractivity contribution in [3.05, 3.63) is 63.4 Å². The Morgan fingerprint density at radius 1 is 1.23 bits per heavy atom. The zero-order chi connectivity index (χ0) is 24.9. The maximum absolute atomic E-state index is 13.1. The van der Waals surface area contributed by atoms with Crippen LogP contribution in [0.1, 0.15) is 61.1 Å². The summed E-state index contributed by atoms with van der Waals surface area (Å²) in [6.45, 7) is 10.1. The molecule has 1 fully saturated rings. The van der Waals surface area contributed by atoms with Crippen molar-refractivity contribution < 1.29 is 14.3 Å². The maximum Gasteiger partial charge on any atom is 0.340 e. The molecule has 3 N–H and O–H groups in total. The van der Waals surface area contributed by atoms with Crippen LogP contribution in [-0.2, 0) is 0 Å². The number of nitrogens with one attached hydrogen (secondary N) is 2. The van der Waals surface area contributed by atoms with Gasteiger partial charge in [-0.25, -0.2) is 4.79 Å². The average molecular weight is 475 g/mol. The summed E-state index contributed by atoms with van der Waals surface area (Å²) < 4.78 is 6.38. The number of hydrogen-bond donors (Lipinski definition) is 3. The number of carbonyl (C=O) groups is 1. The Morgan fingerprint density at radius 2 is 1.97 bits per heavy atom. The fourth-order valence-corrected chi connectivity index (χ4v) is 4.90. The minimum Gasteiger partial charge on any atom is -0.478 e. The quantitative estimate of drug-likeness (QED) is 0.351. The van der Waals surface area contributed by atoms with Gasteiger partial charge in [-0.3, -0.25) is 9.89 Å². The van der Waals surface area contributed by atoms with Crippen molar-refractivity contribution in [1.29, 1.82) is 0 Å². The molecule has 0 spiro atoms. The molecule has 0 bridgehead atoms. The van der Waals surface area contributed by atoms with Crippen molar-refractivity contribution in [3.63, 3.8) is 0 Å². The largest absolute Gasteiger partial charge is 0.478 e. The Bertz CT molecular complexity index is 1490. The van der Waals surface area contributed by atoms with Gasteiger partial charge in [-0.2, -0.15) is 5.10 Å². The molecule has 1 aliphatic rings. The first-order chi connectivity index (χ1) is 16.6. The molecule has 182 valence electrons. The highest BCUT2D eigenvalue weighted by molar-refractivity contribution is 6.07. The van der Waals surface area contributed by atoms with Crippen molar-refractivity contribution in [1.82, 2.24) is 10.2 Å². The first-order valence-electron chi connectivity index (χ1n) is 11.9. The molecule has 3 heterocycles. The summed E-state index contributed by atoms with van der Waals surface area (Å²) in [4.78, 5) is 27.3. The first-order valence-corrected chi connectivity index (χ1v) is 11.9. The molecule has 1 saturated heterocycles. The van der Waals surface area contributed by atoms with Gasteiger partial charge < -0.3 is 19.7 Å². The van der Waals surface area contributed by atoms with Crippen LogP contribution in [0.4, 0.5) is 11.6 Å². The van der Waals surface area contributed by atoms with Crippen LogP contribution in [0.25, 0.3) is 21.9 Å².